The molecule has 1 unspecified atom stereocenters. The van der Waals surface area contributed by atoms with Gasteiger partial charge in [-0.05, 0) is 31.2 Å². The number of hydrogen-bond donors (Lipinski definition) is 1. The Balaban J connectivity index is 2.38. The summed E-state index contributed by atoms with van der Waals surface area (Å²) >= 11 is 1.50. The number of rotatable bonds is 4. The van der Waals surface area contributed by atoms with Crippen molar-refractivity contribution in [2.45, 2.75) is 19.9 Å². The zero-order valence-electron chi connectivity index (χ0n) is 11.2. The molecule has 4 heteroatoms. The van der Waals surface area contributed by atoms with Crippen LogP contribution in [0.25, 0.3) is 10.4 Å². The Morgan fingerprint density at radius 3 is 2.47 bits per heavy atom. The smallest absolute Gasteiger partial charge is 0.167 e. The van der Waals surface area contributed by atoms with Gasteiger partial charge in [-0.15, -0.1) is 11.3 Å². The third-order valence-electron chi connectivity index (χ3n) is 3.13. The molecule has 2 rings (SSSR count). The van der Waals surface area contributed by atoms with Crippen LogP contribution in [0.1, 0.15) is 24.8 Å². The van der Waals surface area contributed by atoms with Crippen molar-refractivity contribution < 1.29 is 8.78 Å². The van der Waals surface area contributed by atoms with Crippen LogP contribution in [0.3, 0.4) is 0 Å². The second-order valence-electron chi connectivity index (χ2n) is 4.81. The Bertz CT molecular complexity index is 563. The molecule has 0 spiro atoms. The average Bonchev–Trinajstić information content (AvgIpc) is 2.82. The lowest BCUT2D eigenvalue weighted by molar-refractivity contribution is 0.449. The van der Waals surface area contributed by atoms with E-state index in [1.807, 2.05) is 19.2 Å². The third kappa shape index (κ3) is 2.85. The van der Waals surface area contributed by atoms with Gasteiger partial charge in [-0.1, -0.05) is 26.0 Å². The van der Waals surface area contributed by atoms with E-state index in [-0.39, 0.29) is 6.04 Å². The fourth-order valence-electron chi connectivity index (χ4n) is 2.16. The SMILES string of the molecule is CNC(c1ccc(-c2cccc(F)c2F)s1)C(C)C. The molecule has 0 saturated carbocycles. The van der Waals surface area contributed by atoms with Crippen molar-refractivity contribution in [2.75, 3.05) is 7.05 Å². The maximum absolute atomic E-state index is 13.8. The van der Waals surface area contributed by atoms with Gasteiger partial charge in [0.15, 0.2) is 11.6 Å². The first kappa shape index (κ1) is 14.2. The third-order valence-corrected chi connectivity index (χ3v) is 4.33. The van der Waals surface area contributed by atoms with E-state index in [0.29, 0.717) is 11.5 Å². The summed E-state index contributed by atoms with van der Waals surface area (Å²) in [6.45, 7) is 4.26. The minimum Gasteiger partial charge on any atom is -0.312 e. The Labute approximate surface area is 116 Å². The lowest BCUT2D eigenvalue weighted by Crippen LogP contribution is -2.20. The van der Waals surface area contributed by atoms with Crippen LogP contribution in [0, 0.1) is 17.6 Å². The van der Waals surface area contributed by atoms with Crippen molar-refractivity contribution in [1.82, 2.24) is 5.32 Å². The highest BCUT2D eigenvalue weighted by atomic mass is 32.1. The van der Waals surface area contributed by atoms with Crippen LogP contribution in [0.15, 0.2) is 30.3 Å². The van der Waals surface area contributed by atoms with Crippen molar-refractivity contribution in [3.8, 4) is 10.4 Å². The van der Waals surface area contributed by atoms with E-state index < -0.39 is 11.6 Å². The van der Waals surface area contributed by atoms with Crippen LogP contribution < -0.4 is 5.32 Å². The summed E-state index contributed by atoms with van der Waals surface area (Å²) in [7, 11) is 1.91. The van der Waals surface area contributed by atoms with Crippen molar-refractivity contribution in [2.24, 2.45) is 5.92 Å². The summed E-state index contributed by atoms with van der Waals surface area (Å²) in [5.41, 5.74) is 0.329. The lowest BCUT2D eigenvalue weighted by atomic mass is 10.0. The molecule has 0 aliphatic carbocycles. The van der Waals surface area contributed by atoms with Gasteiger partial charge < -0.3 is 5.32 Å². The first-order chi connectivity index (χ1) is 9.04. The number of thiophene rings is 1. The number of hydrogen-bond acceptors (Lipinski definition) is 2. The normalized spacial score (nSPS) is 12.9. The van der Waals surface area contributed by atoms with Crippen molar-refractivity contribution in [3.05, 3.63) is 46.8 Å². The number of halogens is 2. The highest BCUT2D eigenvalue weighted by Crippen LogP contribution is 2.35. The molecule has 1 nitrogen and oxygen atoms in total. The fourth-order valence-corrected chi connectivity index (χ4v) is 3.47. The molecule has 0 bridgehead atoms. The molecule has 0 amide bonds. The minimum absolute atomic E-state index is 0.232. The summed E-state index contributed by atoms with van der Waals surface area (Å²) in [5.74, 6) is -1.14. The average molecular weight is 281 g/mol. The van der Waals surface area contributed by atoms with Gasteiger partial charge in [-0.25, -0.2) is 8.78 Å². The monoisotopic (exact) mass is 281 g/mol. The quantitative estimate of drug-likeness (QED) is 0.863. The minimum atomic E-state index is -0.804. The standard InChI is InChI=1S/C15H17F2NS/c1-9(2)15(18-3)13-8-7-12(19-13)10-5-4-6-11(16)14(10)17/h4-9,15,18H,1-3H3. The molecule has 1 aromatic heterocycles. The highest BCUT2D eigenvalue weighted by Gasteiger charge is 2.17. The lowest BCUT2D eigenvalue weighted by Gasteiger charge is -2.18. The van der Waals surface area contributed by atoms with Crippen LogP contribution in [-0.2, 0) is 0 Å². The van der Waals surface area contributed by atoms with Crippen LogP contribution in [0.5, 0.6) is 0 Å². The van der Waals surface area contributed by atoms with Gasteiger partial charge in [0.1, 0.15) is 0 Å². The molecule has 1 aromatic carbocycles. The molecular formula is C15H17F2NS. The maximum Gasteiger partial charge on any atom is 0.167 e. The molecule has 0 aliphatic heterocycles. The Morgan fingerprint density at radius 2 is 1.84 bits per heavy atom. The Hall–Kier alpha value is -1.26. The van der Waals surface area contributed by atoms with Crippen molar-refractivity contribution in [3.63, 3.8) is 0 Å². The molecule has 19 heavy (non-hydrogen) atoms. The van der Waals surface area contributed by atoms with Gasteiger partial charge >= 0.3 is 0 Å². The molecule has 0 radical (unpaired) electrons. The molecule has 0 aliphatic rings. The second kappa shape index (κ2) is 5.80. The maximum atomic E-state index is 13.8. The van der Waals surface area contributed by atoms with E-state index in [2.05, 4.69) is 19.2 Å². The molecule has 1 heterocycles. The molecular weight excluding hydrogens is 264 g/mol. The fraction of sp³-hybridized carbons (Fsp3) is 0.333. The van der Waals surface area contributed by atoms with Gasteiger partial charge in [0.2, 0.25) is 0 Å². The van der Waals surface area contributed by atoms with Crippen molar-refractivity contribution in [1.29, 1.82) is 0 Å². The summed E-state index contributed by atoms with van der Waals surface area (Å²) in [6, 6.07) is 8.34. The Morgan fingerprint density at radius 1 is 1.11 bits per heavy atom. The van der Waals surface area contributed by atoms with E-state index >= 15 is 0 Å². The number of benzene rings is 1. The first-order valence-corrected chi connectivity index (χ1v) is 7.07. The molecule has 0 fully saturated rings. The zero-order chi connectivity index (χ0) is 14.0. The van der Waals surface area contributed by atoms with Gasteiger partial charge in [0, 0.05) is 21.4 Å². The largest absolute Gasteiger partial charge is 0.312 e. The van der Waals surface area contributed by atoms with E-state index in [4.69, 9.17) is 0 Å². The van der Waals surface area contributed by atoms with Gasteiger partial charge in [-0.3, -0.25) is 0 Å². The van der Waals surface area contributed by atoms with Crippen LogP contribution in [0.4, 0.5) is 8.78 Å². The summed E-state index contributed by atoms with van der Waals surface area (Å²) < 4.78 is 27.0. The number of nitrogens with one attached hydrogen (secondary N) is 1. The van der Waals surface area contributed by atoms with E-state index in [1.54, 1.807) is 6.07 Å². The molecule has 1 N–H and O–H groups in total. The van der Waals surface area contributed by atoms with Crippen LogP contribution in [-0.4, -0.2) is 7.05 Å². The van der Waals surface area contributed by atoms with Gasteiger partial charge in [0.05, 0.1) is 0 Å². The summed E-state index contributed by atoms with van der Waals surface area (Å²) in [5, 5.41) is 3.25. The second-order valence-corrected chi connectivity index (χ2v) is 5.93. The van der Waals surface area contributed by atoms with Gasteiger partial charge in [-0.2, -0.15) is 0 Å². The van der Waals surface area contributed by atoms with E-state index in [0.717, 1.165) is 15.8 Å². The summed E-state index contributed by atoms with van der Waals surface area (Å²) in [4.78, 5) is 1.89. The topological polar surface area (TPSA) is 12.0 Å². The summed E-state index contributed by atoms with van der Waals surface area (Å²) in [6.07, 6.45) is 0. The first-order valence-electron chi connectivity index (χ1n) is 6.26. The Kier molecular flexibility index (Phi) is 4.32. The van der Waals surface area contributed by atoms with Crippen LogP contribution in [0.2, 0.25) is 0 Å². The predicted molar refractivity (Wildman–Crippen MR) is 76.3 cm³/mol. The van der Waals surface area contributed by atoms with E-state index in [1.165, 1.54) is 17.4 Å². The predicted octanol–water partition coefficient (Wildman–Crippen LogP) is 4.61. The van der Waals surface area contributed by atoms with Gasteiger partial charge in [0.25, 0.3) is 0 Å². The van der Waals surface area contributed by atoms with Crippen molar-refractivity contribution >= 4 is 11.3 Å². The molecule has 1 atom stereocenters. The van der Waals surface area contributed by atoms with Crippen LogP contribution >= 0.6 is 11.3 Å². The highest BCUT2D eigenvalue weighted by molar-refractivity contribution is 7.15. The molecule has 102 valence electrons. The zero-order valence-corrected chi connectivity index (χ0v) is 12.0. The molecule has 2 aromatic rings. The molecule has 0 saturated heterocycles. The van der Waals surface area contributed by atoms with E-state index in [9.17, 15) is 8.78 Å².